The van der Waals surface area contributed by atoms with Crippen LogP contribution < -0.4 is 10.1 Å². The maximum atomic E-state index is 12.3. The molecular formula is C18H28Cl3N3O2. The second-order valence-electron chi connectivity index (χ2n) is 6.50. The highest BCUT2D eigenvalue weighted by Crippen LogP contribution is 2.23. The standard InChI is InChI=1S/C18H26ClN3O2.2ClH/c19-16-5-1-2-6-17(16)24-13-12-21-8-10-22(11-9-21)18(23)14-15-4-3-7-20-15;;/h1-2,5-6,15,20H,3-4,7-14H2;2*1H. The number of carbonyl (C=O) groups is 1. The zero-order chi connectivity index (χ0) is 16.8. The second kappa shape index (κ2) is 11.9. The third-order valence-electron chi connectivity index (χ3n) is 4.81. The molecule has 2 aliphatic heterocycles. The summed E-state index contributed by atoms with van der Waals surface area (Å²) in [5.41, 5.74) is 0. The predicted octanol–water partition coefficient (Wildman–Crippen LogP) is 2.85. The lowest BCUT2D eigenvalue weighted by Gasteiger charge is -2.35. The van der Waals surface area contributed by atoms with Gasteiger partial charge in [-0.15, -0.1) is 24.8 Å². The first-order chi connectivity index (χ1) is 11.7. The Kier molecular flexibility index (Phi) is 10.7. The van der Waals surface area contributed by atoms with Gasteiger partial charge in [0.2, 0.25) is 5.91 Å². The van der Waals surface area contributed by atoms with Gasteiger partial charge in [-0.1, -0.05) is 23.7 Å². The number of halogens is 3. The van der Waals surface area contributed by atoms with Gasteiger partial charge in [0.1, 0.15) is 12.4 Å². The van der Waals surface area contributed by atoms with Crippen LogP contribution >= 0.6 is 36.4 Å². The van der Waals surface area contributed by atoms with Gasteiger partial charge in [0, 0.05) is 45.2 Å². The number of amides is 1. The smallest absolute Gasteiger partial charge is 0.224 e. The molecule has 148 valence electrons. The van der Waals surface area contributed by atoms with Crippen molar-refractivity contribution >= 4 is 42.3 Å². The number of benzene rings is 1. The quantitative estimate of drug-likeness (QED) is 0.763. The van der Waals surface area contributed by atoms with Crippen molar-refractivity contribution < 1.29 is 9.53 Å². The van der Waals surface area contributed by atoms with Crippen molar-refractivity contribution in [3.8, 4) is 5.75 Å². The zero-order valence-corrected chi connectivity index (χ0v) is 17.3. The fraction of sp³-hybridized carbons (Fsp3) is 0.611. The molecular weight excluding hydrogens is 397 g/mol. The summed E-state index contributed by atoms with van der Waals surface area (Å²) < 4.78 is 5.74. The van der Waals surface area contributed by atoms with E-state index in [1.165, 1.54) is 6.42 Å². The number of hydrogen-bond acceptors (Lipinski definition) is 4. The van der Waals surface area contributed by atoms with E-state index in [0.29, 0.717) is 30.0 Å². The molecule has 0 bridgehead atoms. The van der Waals surface area contributed by atoms with Crippen molar-refractivity contribution in [3.63, 3.8) is 0 Å². The van der Waals surface area contributed by atoms with Crippen molar-refractivity contribution in [1.82, 2.24) is 15.1 Å². The molecule has 0 aliphatic carbocycles. The molecule has 2 fully saturated rings. The number of para-hydroxylation sites is 1. The Morgan fingerprint density at radius 3 is 2.58 bits per heavy atom. The molecule has 3 rings (SSSR count). The maximum absolute atomic E-state index is 12.3. The maximum Gasteiger partial charge on any atom is 0.224 e. The van der Waals surface area contributed by atoms with Crippen molar-refractivity contribution in [3.05, 3.63) is 29.3 Å². The zero-order valence-electron chi connectivity index (χ0n) is 14.9. The van der Waals surface area contributed by atoms with Crippen LogP contribution in [0, 0.1) is 0 Å². The molecule has 1 aromatic rings. The summed E-state index contributed by atoms with van der Waals surface area (Å²) in [5, 5.41) is 4.04. The Bertz CT molecular complexity index is 548. The molecule has 2 aliphatic rings. The molecule has 0 spiro atoms. The molecule has 1 unspecified atom stereocenters. The minimum Gasteiger partial charge on any atom is -0.491 e. The molecule has 1 amide bonds. The molecule has 2 heterocycles. The molecule has 5 nitrogen and oxygen atoms in total. The molecule has 0 radical (unpaired) electrons. The molecule has 0 aromatic heterocycles. The first-order valence-corrected chi connectivity index (χ1v) is 9.21. The normalized spacial score (nSPS) is 20.2. The molecule has 1 atom stereocenters. The number of rotatable bonds is 6. The number of nitrogens with one attached hydrogen (secondary N) is 1. The molecule has 0 saturated carbocycles. The highest BCUT2D eigenvalue weighted by Gasteiger charge is 2.24. The van der Waals surface area contributed by atoms with Gasteiger partial charge in [0.15, 0.2) is 0 Å². The number of carbonyl (C=O) groups excluding carboxylic acids is 1. The summed E-state index contributed by atoms with van der Waals surface area (Å²) in [4.78, 5) is 16.7. The van der Waals surface area contributed by atoms with E-state index in [9.17, 15) is 4.79 Å². The van der Waals surface area contributed by atoms with E-state index >= 15 is 0 Å². The topological polar surface area (TPSA) is 44.8 Å². The number of nitrogens with zero attached hydrogens (tertiary/aromatic N) is 2. The third-order valence-corrected chi connectivity index (χ3v) is 5.12. The minimum atomic E-state index is 0. The third kappa shape index (κ3) is 6.78. The van der Waals surface area contributed by atoms with E-state index in [2.05, 4.69) is 10.2 Å². The Hall–Kier alpha value is -0.720. The van der Waals surface area contributed by atoms with Crippen LogP contribution in [-0.2, 0) is 4.79 Å². The van der Waals surface area contributed by atoms with Gasteiger partial charge >= 0.3 is 0 Å². The average molecular weight is 425 g/mol. The Balaban J connectivity index is 0.00000169. The Morgan fingerprint density at radius 2 is 1.92 bits per heavy atom. The molecule has 1 aromatic carbocycles. The first kappa shape index (κ1) is 23.3. The van der Waals surface area contributed by atoms with E-state index in [1.807, 2.05) is 29.2 Å². The van der Waals surface area contributed by atoms with Gasteiger partial charge in [-0.2, -0.15) is 0 Å². The van der Waals surface area contributed by atoms with E-state index in [4.69, 9.17) is 16.3 Å². The molecule has 2 saturated heterocycles. The lowest BCUT2D eigenvalue weighted by atomic mass is 10.1. The Labute approximate surface area is 173 Å². The van der Waals surface area contributed by atoms with E-state index < -0.39 is 0 Å². The number of piperazine rings is 1. The van der Waals surface area contributed by atoms with Gasteiger partial charge < -0.3 is 15.0 Å². The summed E-state index contributed by atoms with van der Waals surface area (Å²) >= 11 is 6.08. The fourth-order valence-electron chi connectivity index (χ4n) is 3.34. The van der Waals surface area contributed by atoms with E-state index in [0.717, 1.165) is 51.4 Å². The predicted molar refractivity (Wildman–Crippen MR) is 110 cm³/mol. The van der Waals surface area contributed by atoms with Crippen LogP contribution in [0.15, 0.2) is 24.3 Å². The number of ether oxygens (including phenoxy) is 1. The van der Waals surface area contributed by atoms with Gasteiger partial charge in [-0.05, 0) is 31.5 Å². The van der Waals surface area contributed by atoms with E-state index in [-0.39, 0.29) is 24.8 Å². The van der Waals surface area contributed by atoms with Crippen LogP contribution in [0.5, 0.6) is 5.75 Å². The largest absolute Gasteiger partial charge is 0.491 e. The Morgan fingerprint density at radius 1 is 1.19 bits per heavy atom. The van der Waals surface area contributed by atoms with Crippen molar-refractivity contribution in [1.29, 1.82) is 0 Å². The van der Waals surface area contributed by atoms with Crippen LogP contribution in [0.1, 0.15) is 19.3 Å². The van der Waals surface area contributed by atoms with Gasteiger partial charge in [-0.3, -0.25) is 9.69 Å². The van der Waals surface area contributed by atoms with Crippen molar-refractivity contribution in [2.45, 2.75) is 25.3 Å². The lowest BCUT2D eigenvalue weighted by molar-refractivity contribution is -0.133. The van der Waals surface area contributed by atoms with Crippen LogP contribution in [0.25, 0.3) is 0 Å². The molecule has 1 N–H and O–H groups in total. The van der Waals surface area contributed by atoms with Crippen molar-refractivity contribution in [2.75, 3.05) is 45.9 Å². The fourth-order valence-corrected chi connectivity index (χ4v) is 3.53. The van der Waals surface area contributed by atoms with Crippen LogP contribution in [0.3, 0.4) is 0 Å². The highest BCUT2D eigenvalue weighted by atomic mass is 35.5. The minimum absolute atomic E-state index is 0. The van der Waals surface area contributed by atoms with E-state index in [1.54, 1.807) is 0 Å². The number of hydrogen-bond donors (Lipinski definition) is 1. The van der Waals surface area contributed by atoms with Crippen LogP contribution in [0.4, 0.5) is 0 Å². The molecule has 8 heteroatoms. The van der Waals surface area contributed by atoms with Gasteiger partial charge in [0.05, 0.1) is 5.02 Å². The van der Waals surface area contributed by atoms with Crippen molar-refractivity contribution in [2.24, 2.45) is 0 Å². The summed E-state index contributed by atoms with van der Waals surface area (Å²) in [7, 11) is 0. The van der Waals surface area contributed by atoms with Gasteiger partial charge in [0.25, 0.3) is 0 Å². The first-order valence-electron chi connectivity index (χ1n) is 8.83. The van der Waals surface area contributed by atoms with Gasteiger partial charge in [-0.25, -0.2) is 0 Å². The highest BCUT2D eigenvalue weighted by molar-refractivity contribution is 6.32. The SMILES string of the molecule is Cl.Cl.O=C(CC1CCCN1)N1CCN(CCOc2ccccc2Cl)CC1. The molecule has 26 heavy (non-hydrogen) atoms. The monoisotopic (exact) mass is 423 g/mol. The summed E-state index contributed by atoms with van der Waals surface area (Å²) in [6.07, 6.45) is 2.97. The van der Waals surface area contributed by atoms with Crippen LogP contribution in [0.2, 0.25) is 5.02 Å². The van der Waals surface area contributed by atoms with Crippen LogP contribution in [-0.4, -0.2) is 67.6 Å². The lowest BCUT2D eigenvalue weighted by Crippen LogP contribution is -2.50. The summed E-state index contributed by atoms with van der Waals surface area (Å²) in [6, 6.07) is 7.92. The average Bonchev–Trinajstić information content (AvgIpc) is 3.10. The summed E-state index contributed by atoms with van der Waals surface area (Å²) in [6.45, 7) is 5.99. The summed E-state index contributed by atoms with van der Waals surface area (Å²) in [5.74, 6) is 1.03. The second-order valence-corrected chi connectivity index (χ2v) is 6.91.